The summed E-state index contributed by atoms with van der Waals surface area (Å²) >= 11 is 0. The van der Waals surface area contributed by atoms with E-state index in [1.807, 2.05) is 0 Å². The van der Waals surface area contributed by atoms with Crippen LogP contribution >= 0.6 is 0 Å². The maximum Gasteiger partial charge on any atom is 0.407 e. The van der Waals surface area contributed by atoms with Gasteiger partial charge in [-0.25, -0.2) is 9.78 Å². The number of carbonyl (C=O) groups is 3. The normalized spacial score (nSPS) is 17.0. The van der Waals surface area contributed by atoms with Crippen molar-refractivity contribution in [2.75, 3.05) is 18.4 Å². The zero-order valence-corrected chi connectivity index (χ0v) is 12.7. The van der Waals surface area contributed by atoms with E-state index in [1.165, 1.54) is 4.90 Å². The van der Waals surface area contributed by atoms with Crippen molar-refractivity contribution in [3.63, 3.8) is 0 Å². The van der Waals surface area contributed by atoms with Crippen LogP contribution in [-0.4, -0.2) is 46.0 Å². The Bertz CT molecular complexity index is 836. The van der Waals surface area contributed by atoms with Crippen molar-refractivity contribution in [3.05, 3.63) is 36.0 Å². The summed E-state index contributed by atoms with van der Waals surface area (Å²) in [5.74, 6) is -0.839. The van der Waals surface area contributed by atoms with E-state index >= 15 is 0 Å². The molecular weight excluding hydrogens is 312 g/mol. The monoisotopic (exact) mass is 328 g/mol. The highest BCUT2D eigenvalue weighted by Crippen LogP contribution is 2.21. The van der Waals surface area contributed by atoms with Gasteiger partial charge in [-0.1, -0.05) is 6.07 Å². The molecule has 3 amide bonds. The molecule has 8 nitrogen and oxygen atoms in total. The van der Waals surface area contributed by atoms with Crippen LogP contribution in [0, 0.1) is 5.92 Å². The van der Waals surface area contributed by atoms with E-state index in [1.54, 1.807) is 30.5 Å². The molecular formula is C16H16N4O4. The molecule has 1 aromatic heterocycles. The van der Waals surface area contributed by atoms with Crippen LogP contribution in [0.25, 0.3) is 10.8 Å². The smallest absolute Gasteiger partial charge is 0.407 e. The first-order valence-corrected chi connectivity index (χ1v) is 7.42. The number of carbonyl (C=O) groups excluding carboxylic acids is 2. The summed E-state index contributed by atoms with van der Waals surface area (Å²) in [6.07, 6.45) is 1.05. The first kappa shape index (κ1) is 15.7. The number of fused-ring (bicyclic) bond motifs is 1. The third kappa shape index (κ3) is 3.12. The number of benzene rings is 1. The second-order valence-electron chi connectivity index (χ2n) is 5.70. The minimum absolute atomic E-state index is 0.181. The van der Waals surface area contributed by atoms with Gasteiger partial charge in [0.1, 0.15) is 5.82 Å². The fraction of sp³-hybridized carbons (Fsp3) is 0.250. The number of hydrogen-bond acceptors (Lipinski definition) is 4. The number of primary amides is 1. The number of aromatic nitrogens is 1. The van der Waals surface area contributed by atoms with Gasteiger partial charge in [-0.3, -0.25) is 9.59 Å². The van der Waals surface area contributed by atoms with E-state index in [0.29, 0.717) is 24.3 Å². The third-order valence-corrected chi connectivity index (χ3v) is 4.09. The lowest BCUT2D eigenvalue weighted by molar-refractivity contribution is -0.119. The second kappa shape index (κ2) is 6.15. The van der Waals surface area contributed by atoms with Gasteiger partial charge in [-0.15, -0.1) is 0 Å². The van der Waals surface area contributed by atoms with Gasteiger partial charge in [0.15, 0.2) is 0 Å². The minimum atomic E-state index is -1.02. The Labute approximate surface area is 137 Å². The molecule has 0 aliphatic carbocycles. The number of pyridine rings is 1. The van der Waals surface area contributed by atoms with Crippen LogP contribution in [0.15, 0.2) is 30.5 Å². The Morgan fingerprint density at radius 2 is 2.04 bits per heavy atom. The fourth-order valence-corrected chi connectivity index (χ4v) is 2.74. The molecule has 1 aliphatic rings. The van der Waals surface area contributed by atoms with E-state index in [2.05, 4.69) is 10.3 Å². The zero-order chi connectivity index (χ0) is 17.3. The van der Waals surface area contributed by atoms with E-state index in [-0.39, 0.29) is 12.5 Å². The fourth-order valence-electron chi connectivity index (χ4n) is 2.74. The maximum absolute atomic E-state index is 12.2. The number of carboxylic acid groups (broad SMARTS) is 1. The molecule has 124 valence electrons. The highest BCUT2D eigenvalue weighted by Gasteiger charge is 2.31. The molecule has 1 atom stereocenters. The van der Waals surface area contributed by atoms with Crippen molar-refractivity contribution >= 4 is 34.5 Å². The van der Waals surface area contributed by atoms with Crippen molar-refractivity contribution < 1.29 is 19.5 Å². The molecule has 3 rings (SSSR count). The molecule has 1 saturated heterocycles. The molecule has 1 aromatic carbocycles. The first-order chi connectivity index (χ1) is 11.4. The number of nitrogens with zero attached hydrogens (tertiary/aromatic N) is 2. The van der Waals surface area contributed by atoms with Crippen LogP contribution in [0.3, 0.4) is 0 Å². The summed E-state index contributed by atoms with van der Waals surface area (Å²) in [5.41, 5.74) is 5.64. The van der Waals surface area contributed by atoms with Crippen molar-refractivity contribution in [1.29, 1.82) is 0 Å². The van der Waals surface area contributed by atoms with Crippen LogP contribution in [-0.2, 0) is 4.79 Å². The number of likely N-dealkylation sites (tertiary alicyclic amines) is 1. The standard InChI is InChI=1S/C16H16N4O4/c17-14(21)9-1-2-10-7-18-13(6-12(10)5-9)19-15(22)11-3-4-20(8-11)16(23)24/h1-2,5-7,11H,3-4,8H2,(H2,17,21)(H,23,24)(H,18,19,22). The van der Waals surface area contributed by atoms with Gasteiger partial charge >= 0.3 is 6.09 Å². The molecule has 4 N–H and O–H groups in total. The molecule has 0 radical (unpaired) electrons. The largest absolute Gasteiger partial charge is 0.465 e. The van der Waals surface area contributed by atoms with Crippen LogP contribution in [0.4, 0.5) is 10.6 Å². The lowest BCUT2D eigenvalue weighted by Crippen LogP contribution is -2.30. The molecule has 1 aliphatic heterocycles. The van der Waals surface area contributed by atoms with Crippen molar-refractivity contribution in [2.24, 2.45) is 11.7 Å². The number of amides is 3. The van der Waals surface area contributed by atoms with E-state index in [0.717, 1.165) is 10.8 Å². The number of rotatable bonds is 3. The number of anilines is 1. The van der Waals surface area contributed by atoms with Gasteiger partial charge in [-0.2, -0.15) is 0 Å². The topological polar surface area (TPSA) is 126 Å². The SMILES string of the molecule is NC(=O)c1ccc2cnc(NC(=O)C3CCN(C(=O)O)C3)cc2c1. The average Bonchev–Trinajstić information content (AvgIpc) is 3.04. The molecule has 2 aromatic rings. The van der Waals surface area contributed by atoms with Gasteiger partial charge in [0.25, 0.3) is 0 Å². The Hall–Kier alpha value is -3.16. The van der Waals surface area contributed by atoms with Crippen molar-refractivity contribution in [1.82, 2.24) is 9.88 Å². The van der Waals surface area contributed by atoms with Gasteiger partial charge in [0, 0.05) is 30.2 Å². The maximum atomic E-state index is 12.2. The van der Waals surface area contributed by atoms with Gasteiger partial charge in [-0.05, 0) is 30.0 Å². The summed E-state index contributed by atoms with van der Waals surface area (Å²) in [4.78, 5) is 39.8. The molecule has 24 heavy (non-hydrogen) atoms. The molecule has 0 saturated carbocycles. The minimum Gasteiger partial charge on any atom is -0.465 e. The predicted molar refractivity (Wildman–Crippen MR) is 86.6 cm³/mol. The summed E-state index contributed by atoms with van der Waals surface area (Å²) in [6.45, 7) is 0.529. The summed E-state index contributed by atoms with van der Waals surface area (Å²) in [6, 6.07) is 6.64. The Kier molecular flexibility index (Phi) is 4.03. The quantitative estimate of drug-likeness (QED) is 0.782. The molecule has 2 heterocycles. The predicted octanol–water partition coefficient (Wildman–Crippen LogP) is 1.27. The molecule has 1 unspecified atom stereocenters. The summed E-state index contributed by atoms with van der Waals surface area (Å²) in [7, 11) is 0. The summed E-state index contributed by atoms with van der Waals surface area (Å²) < 4.78 is 0. The molecule has 8 heteroatoms. The lowest BCUT2D eigenvalue weighted by Gasteiger charge is -2.12. The van der Waals surface area contributed by atoms with E-state index < -0.39 is 17.9 Å². The molecule has 0 spiro atoms. The van der Waals surface area contributed by atoms with Crippen LogP contribution in [0.2, 0.25) is 0 Å². The zero-order valence-electron chi connectivity index (χ0n) is 12.7. The lowest BCUT2D eigenvalue weighted by atomic mass is 10.1. The Balaban J connectivity index is 1.76. The second-order valence-corrected chi connectivity index (χ2v) is 5.70. The first-order valence-electron chi connectivity index (χ1n) is 7.42. The van der Waals surface area contributed by atoms with Crippen LogP contribution in [0.5, 0.6) is 0 Å². The van der Waals surface area contributed by atoms with Crippen molar-refractivity contribution in [2.45, 2.75) is 6.42 Å². The number of hydrogen-bond donors (Lipinski definition) is 3. The van der Waals surface area contributed by atoms with Crippen molar-refractivity contribution in [3.8, 4) is 0 Å². The number of nitrogens with two attached hydrogens (primary N) is 1. The van der Waals surface area contributed by atoms with Gasteiger partial charge in [0.2, 0.25) is 11.8 Å². The van der Waals surface area contributed by atoms with Crippen LogP contribution < -0.4 is 11.1 Å². The van der Waals surface area contributed by atoms with Gasteiger partial charge < -0.3 is 21.1 Å². The average molecular weight is 328 g/mol. The highest BCUT2D eigenvalue weighted by molar-refractivity contribution is 5.99. The number of nitrogens with one attached hydrogen (secondary N) is 1. The van der Waals surface area contributed by atoms with Gasteiger partial charge in [0.05, 0.1) is 5.92 Å². The summed E-state index contributed by atoms with van der Waals surface area (Å²) in [5, 5.41) is 13.2. The Morgan fingerprint density at radius 3 is 2.71 bits per heavy atom. The molecule has 1 fully saturated rings. The molecule has 0 bridgehead atoms. The van der Waals surface area contributed by atoms with E-state index in [9.17, 15) is 14.4 Å². The van der Waals surface area contributed by atoms with E-state index in [4.69, 9.17) is 10.8 Å². The van der Waals surface area contributed by atoms with Crippen LogP contribution in [0.1, 0.15) is 16.8 Å². The Morgan fingerprint density at radius 1 is 1.25 bits per heavy atom. The highest BCUT2D eigenvalue weighted by atomic mass is 16.4. The third-order valence-electron chi connectivity index (χ3n) is 4.09.